The molecule has 0 aliphatic heterocycles. The van der Waals surface area contributed by atoms with Crippen LogP contribution in [0, 0.1) is 0 Å². The second-order valence-corrected chi connectivity index (χ2v) is 5.34. The fourth-order valence-corrected chi connectivity index (χ4v) is 2.66. The van der Waals surface area contributed by atoms with Gasteiger partial charge in [0.2, 0.25) is 0 Å². The second kappa shape index (κ2) is 5.46. The number of thiophene rings is 1. The van der Waals surface area contributed by atoms with Gasteiger partial charge in [-0.1, -0.05) is 6.07 Å². The van der Waals surface area contributed by atoms with Crippen LogP contribution >= 0.6 is 27.3 Å². The van der Waals surface area contributed by atoms with E-state index >= 15 is 0 Å². The predicted molar refractivity (Wildman–Crippen MR) is 68.0 cm³/mol. The molecule has 0 fully saturated rings. The Kier molecular flexibility index (Phi) is 3.96. The quantitative estimate of drug-likeness (QED) is 0.770. The van der Waals surface area contributed by atoms with Crippen molar-refractivity contribution in [3.05, 3.63) is 45.0 Å². The zero-order valence-electron chi connectivity index (χ0n) is 8.61. The highest BCUT2D eigenvalue weighted by Gasteiger charge is 2.13. The molecule has 84 valence electrons. The van der Waals surface area contributed by atoms with Crippen LogP contribution in [-0.4, -0.2) is 5.78 Å². The van der Waals surface area contributed by atoms with Crippen molar-refractivity contribution in [2.75, 3.05) is 0 Å². The van der Waals surface area contributed by atoms with Crippen LogP contribution in [0.4, 0.5) is 0 Å². The molecule has 0 bridgehead atoms. The summed E-state index contributed by atoms with van der Waals surface area (Å²) in [7, 11) is 0. The molecule has 0 atom stereocenters. The van der Waals surface area contributed by atoms with Crippen molar-refractivity contribution >= 4 is 33.0 Å². The molecule has 0 saturated carbocycles. The number of hydrogen-bond acceptors (Lipinski definition) is 3. The Balaban J connectivity index is 1.83. The third kappa shape index (κ3) is 2.83. The molecule has 0 unspecified atom stereocenters. The number of hydrogen-bond donors (Lipinski definition) is 0. The van der Waals surface area contributed by atoms with Crippen molar-refractivity contribution in [2.45, 2.75) is 19.3 Å². The van der Waals surface area contributed by atoms with Gasteiger partial charge in [0.25, 0.3) is 0 Å². The van der Waals surface area contributed by atoms with Gasteiger partial charge in [-0.2, -0.15) is 0 Å². The van der Waals surface area contributed by atoms with Crippen molar-refractivity contribution in [3.63, 3.8) is 0 Å². The standard InChI is InChI=1S/C12H11BrO2S/c13-10-6-7-15-12(10)11(14)5-1-3-9-4-2-8-16-9/h2,4,6-8H,1,3,5H2. The third-order valence-electron chi connectivity index (χ3n) is 2.28. The number of rotatable bonds is 5. The maximum absolute atomic E-state index is 11.7. The van der Waals surface area contributed by atoms with Gasteiger partial charge in [0, 0.05) is 11.3 Å². The summed E-state index contributed by atoms with van der Waals surface area (Å²) in [5.41, 5.74) is 0. The number of carbonyl (C=O) groups excluding carboxylic acids is 1. The van der Waals surface area contributed by atoms with Crippen LogP contribution in [0.5, 0.6) is 0 Å². The van der Waals surface area contributed by atoms with Crippen molar-refractivity contribution in [2.24, 2.45) is 0 Å². The Morgan fingerprint density at radius 3 is 2.94 bits per heavy atom. The first-order valence-electron chi connectivity index (χ1n) is 5.06. The van der Waals surface area contributed by atoms with E-state index in [0.29, 0.717) is 12.2 Å². The van der Waals surface area contributed by atoms with Gasteiger partial charge < -0.3 is 4.42 Å². The van der Waals surface area contributed by atoms with Crippen LogP contribution in [0.15, 0.2) is 38.7 Å². The lowest BCUT2D eigenvalue weighted by Gasteiger charge is -1.97. The van der Waals surface area contributed by atoms with E-state index in [0.717, 1.165) is 17.3 Å². The summed E-state index contributed by atoms with van der Waals surface area (Å²) < 4.78 is 5.86. The highest BCUT2D eigenvalue weighted by atomic mass is 79.9. The Labute approximate surface area is 106 Å². The molecule has 2 aromatic heterocycles. The van der Waals surface area contributed by atoms with Crippen LogP contribution in [-0.2, 0) is 6.42 Å². The molecule has 0 aliphatic rings. The zero-order valence-corrected chi connectivity index (χ0v) is 11.0. The summed E-state index contributed by atoms with van der Waals surface area (Å²) in [6.45, 7) is 0. The largest absolute Gasteiger partial charge is 0.460 e. The van der Waals surface area contributed by atoms with Gasteiger partial charge in [0.1, 0.15) is 0 Å². The van der Waals surface area contributed by atoms with Crippen molar-refractivity contribution < 1.29 is 9.21 Å². The monoisotopic (exact) mass is 298 g/mol. The highest BCUT2D eigenvalue weighted by molar-refractivity contribution is 9.10. The smallest absolute Gasteiger partial charge is 0.199 e. The summed E-state index contributed by atoms with van der Waals surface area (Å²) in [6.07, 6.45) is 3.88. The first-order chi connectivity index (χ1) is 7.77. The maximum atomic E-state index is 11.7. The fraction of sp³-hybridized carbons (Fsp3) is 0.250. The molecular weight excluding hydrogens is 288 g/mol. The first-order valence-corrected chi connectivity index (χ1v) is 6.73. The van der Waals surface area contributed by atoms with Crippen LogP contribution in [0.3, 0.4) is 0 Å². The van der Waals surface area contributed by atoms with E-state index in [9.17, 15) is 4.79 Å². The van der Waals surface area contributed by atoms with Crippen molar-refractivity contribution in [1.82, 2.24) is 0 Å². The van der Waals surface area contributed by atoms with Gasteiger partial charge in [0.15, 0.2) is 11.5 Å². The summed E-state index contributed by atoms with van der Waals surface area (Å²) in [5, 5.41) is 2.06. The molecule has 0 N–H and O–H groups in total. The molecule has 16 heavy (non-hydrogen) atoms. The Morgan fingerprint density at radius 1 is 1.44 bits per heavy atom. The van der Waals surface area contributed by atoms with Gasteiger partial charge >= 0.3 is 0 Å². The summed E-state index contributed by atoms with van der Waals surface area (Å²) in [4.78, 5) is 13.1. The average Bonchev–Trinajstić information content (AvgIpc) is 2.88. The maximum Gasteiger partial charge on any atom is 0.199 e. The molecule has 2 nitrogen and oxygen atoms in total. The van der Waals surface area contributed by atoms with Gasteiger partial charge in [0.05, 0.1) is 10.7 Å². The fourth-order valence-electron chi connectivity index (χ4n) is 1.48. The van der Waals surface area contributed by atoms with Crippen LogP contribution in [0.2, 0.25) is 0 Å². The molecule has 0 radical (unpaired) electrons. The van der Waals surface area contributed by atoms with E-state index in [1.165, 1.54) is 11.1 Å². The van der Waals surface area contributed by atoms with Gasteiger partial charge in [-0.25, -0.2) is 0 Å². The lowest BCUT2D eigenvalue weighted by Crippen LogP contribution is -1.98. The summed E-state index contributed by atoms with van der Waals surface area (Å²) in [6, 6.07) is 5.87. The van der Waals surface area contributed by atoms with Crippen LogP contribution in [0.25, 0.3) is 0 Å². The molecule has 0 amide bonds. The number of furan rings is 1. The minimum atomic E-state index is 0.0634. The Bertz CT molecular complexity index is 459. The molecule has 2 rings (SSSR count). The number of halogens is 1. The molecular formula is C12H11BrO2S. The van der Waals surface area contributed by atoms with Crippen molar-refractivity contribution in [1.29, 1.82) is 0 Å². The van der Waals surface area contributed by atoms with Gasteiger partial charge in [-0.05, 0) is 46.3 Å². The molecule has 2 heterocycles. The first kappa shape index (κ1) is 11.6. The van der Waals surface area contributed by atoms with Gasteiger partial charge in [-0.3, -0.25) is 4.79 Å². The number of aryl methyl sites for hydroxylation is 1. The molecule has 0 saturated heterocycles. The second-order valence-electron chi connectivity index (χ2n) is 3.45. The Morgan fingerprint density at radius 2 is 2.31 bits per heavy atom. The minimum Gasteiger partial charge on any atom is -0.460 e. The van der Waals surface area contributed by atoms with Gasteiger partial charge in [-0.15, -0.1) is 11.3 Å². The highest BCUT2D eigenvalue weighted by Crippen LogP contribution is 2.20. The summed E-state index contributed by atoms with van der Waals surface area (Å²) in [5.74, 6) is 0.500. The normalized spacial score (nSPS) is 10.6. The van der Waals surface area contributed by atoms with Crippen LogP contribution < -0.4 is 0 Å². The Hall–Kier alpha value is -0.870. The number of ketones is 1. The van der Waals surface area contributed by atoms with E-state index in [1.807, 2.05) is 6.07 Å². The SMILES string of the molecule is O=C(CCCc1cccs1)c1occc1Br. The zero-order chi connectivity index (χ0) is 11.4. The number of Topliss-reactive ketones (excluding diaryl/α,β-unsaturated/α-hetero) is 1. The predicted octanol–water partition coefficient (Wildman–Crippen LogP) is 4.31. The third-order valence-corrected chi connectivity index (χ3v) is 3.84. The molecule has 4 heteroatoms. The lowest BCUT2D eigenvalue weighted by molar-refractivity contribution is 0.0952. The van der Waals surface area contributed by atoms with Crippen LogP contribution in [0.1, 0.15) is 28.3 Å². The van der Waals surface area contributed by atoms with E-state index in [1.54, 1.807) is 17.4 Å². The lowest BCUT2D eigenvalue weighted by atomic mass is 10.1. The topological polar surface area (TPSA) is 30.2 Å². The number of carbonyl (C=O) groups is 1. The van der Waals surface area contributed by atoms with E-state index in [-0.39, 0.29) is 5.78 Å². The summed E-state index contributed by atoms with van der Waals surface area (Å²) >= 11 is 5.02. The van der Waals surface area contributed by atoms with E-state index in [4.69, 9.17) is 4.42 Å². The minimum absolute atomic E-state index is 0.0634. The van der Waals surface area contributed by atoms with Crippen molar-refractivity contribution in [3.8, 4) is 0 Å². The average molecular weight is 299 g/mol. The van der Waals surface area contributed by atoms with E-state index < -0.39 is 0 Å². The van der Waals surface area contributed by atoms with E-state index in [2.05, 4.69) is 27.4 Å². The molecule has 2 aromatic rings. The molecule has 0 spiro atoms. The molecule has 0 aliphatic carbocycles. The molecule has 0 aromatic carbocycles.